The third-order valence-electron chi connectivity index (χ3n) is 5.81. The Labute approximate surface area is 178 Å². The number of phenols is 1. The van der Waals surface area contributed by atoms with Crippen molar-refractivity contribution < 1.29 is 25.2 Å². The van der Waals surface area contributed by atoms with Crippen LogP contribution in [0.4, 0.5) is 0 Å². The van der Waals surface area contributed by atoms with Crippen molar-refractivity contribution in [1.29, 1.82) is 0 Å². The summed E-state index contributed by atoms with van der Waals surface area (Å²) >= 11 is 6.47. The van der Waals surface area contributed by atoms with E-state index in [1.165, 1.54) is 0 Å². The zero-order valence-corrected chi connectivity index (χ0v) is 17.8. The van der Waals surface area contributed by atoms with Gasteiger partial charge in [-0.25, -0.2) is 0 Å². The zero-order valence-electron chi connectivity index (χ0n) is 17.0. The number of aliphatic carboxylic acids is 1. The minimum absolute atomic E-state index is 0.0762. The highest BCUT2D eigenvalue weighted by molar-refractivity contribution is 6.21. The lowest BCUT2D eigenvalue weighted by Gasteiger charge is -2.21. The van der Waals surface area contributed by atoms with Gasteiger partial charge < -0.3 is 20.4 Å². The number of aryl methyl sites for hydroxylation is 1. The van der Waals surface area contributed by atoms with Crippen molar-refractivity contribution in [3.63, 3.8) is 0 Å². The number of benzene rings is 1. The molecule has 0 spiro atoms. The normalized spacial score (nSPS) is 25.5. The number of aliphatic hydroxyl groups is 2. The maximum atomic E-state index is 10.6. The molecular weight excluding hydrogens is 392 g/mol. The van der Waals surface area contributed by atoms with Gasteiger partial charge >= 0.3 is 5.97 Å². The van der Waals surface area contributed by atoms with Gasteiger partial charge in [-0.05, 0) is 49.3 Å². The molecule has 0 saturated heterocycles. The van der Waals surface area contributed by atoms with E-state index < -0.39 is 18.2 Å². The molecule has 0 aromatic heterocycles. The monoisotopic (exact) mass is 424 g/mol. The third kappa shape index (κ3) is 7.65. The Morgan fingerprint density at radius 3 is 2.69 bits per heavy atom. The second-order valence-corrected chi connectivity index (χ2v) is 8.74. The lowest BCUT2D eigenvalue weighted by molar-refractivity contribution is -0.137. The number of aromatic hydroxyl groups is 1. The summed E-state index contributed by atoms with van der Waals surface area (Å²) in [6, 6.07) is 5.29. The average Bonchev–Trinajstić information content (AvgIpc) is 2.92. The molecule has 1 aromatic carbocycles. The number of halogens is 1. The minimum atomic E-state index is -0.754. The summed E-state index contributed by atoms with van der Waals surface area (Å²) in [5.74, 6) is -0.430. The Hall–Kier alpha value is -1.56. The van der Waals surface area contributed by atoms with Crippen LogP contribution in [-0.2, 0) is 11.2 Å². The Morgan fingerprint density at radius 2 is 2.00 bits per heavy atom. The van der Waals surface area contributed by atoms with Crippen molar-refractivity contribution in [2.24, 2.45) is 11.8 Å². The van der Waals surface area contributed by atoms with Gasteiger partial charge in [0.15, 0.2) is 0 Å². The summed E-state index contributed by atoms with van der Waals surface area (Å²) in [7, 11) is 0. The van der Waals surface area contributed by atoms with Crippen LogP contribution in [0, 0.1) is 18.8 Å². The molecule has 4 N–H and O–H groups in total. The molecule has 0 aliphatic heterocycles. The van der Waals surface area contributed by atoms with E-state index in [9.17, 15) is 20.1 Å². The molecule has 1 aliphatic carbocycles. The van der Waals surface area contributed by atoms with Gasteiger partial charge in [0, 0.05) is 24.1 Å². The first kappa shape index (κ1) is 23.7. The van der Waals surface area contributed by atoms with Crippen LogP contribution >= 0.6 is 11.6 Å². The van der Waals surface area contributed by atoms with Crippen LogP contribution in [0.25, 0.3) is 0 Å². The van der Waals surface area contributed by atoms with Crippen LogP contribution in [0.1, 0.15) is 56.1 Å². The molecule has 0 unspecified atom stereocenters. The highest BCUT2D eigenvalue weighted by atomic mass is 35.5. The summed E-state index contributed by atoms with van der Waals surface area (Å²) in [6.07, 6.45) is 8.06. The first-order valence-electron chi connectivity index (χ1n) is 10.5. The topological polar surface area (TPSA) is 98.0 Å². The molecule has 0 amide bonds. The molecule has 29 heavy (non-hydrogen) atoms. The standard InChI is InChI=1S/C23H33ClO5/c1-15-12-16(8-11-21(15)26)13-17(25)9-10-19-18(20(24)14-22(19)27)6-4-2-3-5-7-23(28)29/h8-12,17-20,22,25-27H,2-7,13-14H2,1H3,(H,28,29)/b10-9+/t17-,18-,19-,20-,22-/m1/s1. The lowest BCUT2D eigenvalue weighted by Crippen LogP contribution is -2.19. The minimum Gasteiger partial charge on any atom is -0.508 e. The molecule has 0 bridgehead atoms. The van der Waals surface area contributed by atoms with Gasteiger partial charge in [-0.3, -0.25) is 4.79 Å². The Balaban J connectivity index is 1.85. The van der Waals surface area contributed by atoms with Crippen molar-refractivity contribution >= 4 is 17.6 Å². The van der Waals surface area contributed by atoms with E-state index in [1.54, 1.807) is 18.2 Å². The smallest absolute Gasteiger partial charge is 0.303 e. The van der Waals surface area contributed by atoms with Gasteiger partial charge in [-0.1, -0.05) is 43.5 Å². The predicted octanol–water partition coefficient (Wildman–Crippen LogP) is 4.19. The Kier molecular flexibility index (Phi) is 9.47. The molecule has 0 radical (unpaired) electrons. The van der Waals surface area contributed by atoms with Gasteiger partial charge in [-0.2, -0.15) is 0 Å². The van der Waals surface area contributed by atoms with E-state index in [2.05, 4.69) is 0 Å². The Morgan fingerprint density at radius 1 is 1.28 bits per heavy atom. The Bertz CT molecular complexity index is 690. The van der Waals surface area contributed by atoms with Crippen molar-refractivity contribution in [1.82, 2.24) is 0 Å². The molecule has 5 nitrogen and oxygen atoms in total. The van der Waals surface area contributed by atoms with Crippen LogP contribution < -0.4 is 0 Å². The van der Waals surface area contributed by atoms with Gasteiger partial charge in [0.2, 0.25) is 0 Å². The molecule has 6 heteroatoms. The summed E-state index contributed by atoms with van der Waals surface area (Å²) in [4.78, 5) is 10.6. The number of rotatable bonds is 11. The fourth-order valence-corrected chi connectivity index (χ4v) is 4.63. The van der Waals surface area contributed by atoms with E-state index in [4.69, 9.17) is 16.7 Å². The fraction of sp³-hybridized carbons (Fsp3) is 0.609. The van der Waals surface area contributed by atoms with E-state index in [0.29, 0.717) is 19.3 Å². The largest absolute Gasteiger partial charge is 0.508 e. The number of hydrogen-bond acceptors (Lipinski definition) is 4. The van der Waals surface area contributed by atoms with Crippen LogP contribution in [0.3, 0.4) is 0 Å². The number of hydrogen-bond donors (Lipinski definition) is 4. The van der Waals surface area contributed by atoms with Crippen LogP contribution in [0.2, 0.25) is 0 Å². The van der Waals surface area contributed by atoms with E-state index in [0.717, 1.165) is 36.8 Å². The van der Waals surface area contributed by atoms with Crippen LogP contribution in [0.5, 0.6) is 5.75 Å². The number of alkyl halides is 1. The predicted molar refractivity (Wildman–Crippen MR) is 114 cm³/mol. The number of carbonyl (C=O) groups is 1. The molecule has 2 rings (SSSR count). The number of unbranched alkanes of at least 4 members (excludes halogenated alkanes) is 3. The maximum absolute atomic E-state index is 10.6. The summed E-state index contributed by atoms with van der Waals surface area (Å²) in [5.41, 5.74) is 1.72. The van der Waals surface area contributed by atoms with E-state index in [1.807, 2.05) is 19.1 Å². The maximum Gasteiger partial charge on any atom is 0.303 e. The highest BCUT2D eigenvalue weighted by Gasteiger charge is 2.39. The number of phenolic OH excluding ortho intramolecular Hbond substituents is 1. The van der Waals surface area contributed by atoms with E-state index in [-0.39, 0.29) is 29.4 Å². The summed E-state index contributed by atoms with van der Waals surface area (Å²) in [5, 5.41) is 39.0. The molecule has 1 aliphatic rings. The van der Waals surface area contributed by atoms with Gasteiger partial charge in [0.1, 0.15) is 5.75 Å². The molecule has 5 atom stereocenters. The van der Waals surface area contributed by atoms with Crippen LogP contribution in [0.15, 0.2) is 30.4 Å². The second-order valence-electron chi connectivity index (χ2n) is 8.18. The molecule has 1 aromatic rings. The number of carboxylic acid groups (broad SMARTS) is 1. The van der Waals surface area contributed by atoms with E-state index >= 15 is 0 Å². The van der Waals surface area contributed by atoms with Gasteiger partial charge in [0.25, 0.3) is 0 Å². The quantitative estimate of drug-likeness (QED) is 0.242. The van der Waals surface area contributed by atoms with Crippen molar-refractivity contribution in [3.8, 4) is 5.75 Å². The first-order valence-corrected chi connectivity index (χ1v) is 10.9. The molecule has 1 fully saturated rings. The SMILES string of the molecule is Cc1cc(C[C@H](O)/C=C/[C@@H]2[C@@H](CCCCCCC(=O)O)[C@H](Cl)C[C@H]2O)ccc1O. The number of carboxylic acids is 1. The zero-order chi connectivity index (χ0) is 21.4. The van der Waals surface area contributed by atoms with Gasteiger partial charge in [0.05, 0.1) is 12.2 Å². The summed E-state index contributed by atoms with van der Waals surface area (Å²) < 4.78 is 0. The second kappa shape index (κ2) is 11.6. The van der Waals surface area contributed by atoms with Crippen LogP contribution in [-0.4, -0.2) is 44.0 Å². The lowest BCUT2D eigenvalue weighted by atomic mass is 9.88. The average molecular weight is 425 g/mol. The molecule has 0 heterocycles. The highest BCUT2D eigenvalue weighted by Crippen LogP contribution is 2.40. The fourth-order valence-electron chi connectivity index (χ4n) is 4.15. The molecule has 162 valence electrons. The van der Waals surface area contributed by atoms with Crippen molar-refractivity contribution in [2.75, 3.05) is 0 Å². The first-order chi connectivity index (χ1) is 13.8. The number of aliphatic hydroxyl groups excluding tert-OH is 2. The molecular formula is C23H33ClO5. The molecule has 1 saturated carbocycles. The third-order valence-corrected chi connectivity index (χ3v) is 6.31. The summed E-state index contributed by atoms with van der Waals surface area (Å²) in [6.45, 7) is 1.82. The van der Waals surface area contributed by atoms with Crippen molar-refractivity contribution in [2.45, 2.75) is 75.9 Å². The van der Waals surface area contributed by atoms with Gasteiger partial charge in [-0.15, -0.1) is 11.6 Å². The van der Waals surface area contributed by atoms with Crippen molar-refractivity contribution in [3.05, 3.63) is 41.5 Å².